The highest BCUT2D eigenvalue weighted by atomic mass is 16.5. The average Bonchev–Trinajstić information content (AvgIpc) is 2.92. The second kappa shape index (κ2) is 2.99. The lowest BCUT2D eigenvalue weighted by Crippen LogP contribution is -2.35. The minimum atomic E-state index is -0.811. The molecule has 0 aromatic heterocycles. The van der Waals surface area contributed by atoms with Crippen molar-refractivity contribution in [2.75, 3.05) is 7.11 Å². The van der Waals surface area contributed by atoms with Crippen molar-refractivity contribution in [3.8, 4) is 0 Å². The van der Waals surface area contributed by atoms with E-state index in [1.54, 1.807) is 0 Å². The molecule has 0 radical (unpaired) electrons. The van der Waals surface area contributed by atoms with Crippen LogP contribution in [-0.2, 0) is 14.3 Å². The van der Waals surface area contributed by atoms with Crippen LogP contribution in [0.15, 0.2) is 0 Å². The molecule has 3 aliphatic carbocycles. The molecule has 4 heteroatoms. The molecule has 0 amide bonds. The Bertz CT molecular complexity index is 358. The van der Waals surface area contributed by atoms with E-state index in [2.05, 4.69) is 0 Å². The van der Waals surface area contributed by atoms with Crippen LogP contribution < -0.4 is 0 Å². The first-order chi connectivity index (χ1) is 7.62. The lowest BCUT2D eigenvalue weighted by atomic mass is 9.79. The van der Waals surface area contributed by atoms with E-state index in [1.807, 2.05) is 0 Å². The molecular weight excluding hydrogens is 208 g/mol. The maximum Gasteiger partial charge on any atom is 0.309 e. The van der Waals surface area contributed by atoms with Crippen molar-refractivity contribution >= 4 is 11.9 Å². The molecule has 0 aromatic carbocycles. The minimum Gasteiger partial charge on any atom is -0.481 e. The number of esters is 1. The van der Waals surface area contributed by atoms with Crippen LogP contribution in [0.3, 0.4) is 0 Å². The van der Waals surface area contributed by atoms with Crippen molar-refractivity contribution in [2.24, 2.45) is 29.1 Å². The molecule has 4 atom stereocenters. The number of carboxylic acid groups (broad SMARTS) is 1. The molecule has 0 saturated heterocycles. The SMILES string of the molecule is COC(=O)C1C(C(=O)O)C2CCC1C21CC1. The van der Waals surface area contributed by atoms with Crippen molar-refractivity contribution in [1.82, 2.24) is 0 Å². The zero-order chi connectivity index (χ0) is 11.5. The smallest absolute Gasteiger partial charge is 0.309 e. The quantitative estimate of drug-likeness (QED) is 0.718. The highest BCUT2D eigenvalue weighted by Crippen LogP contribution is 2.74. The topological polar surface area (TPSA) is 63.6 Å². The lowest BCUT2D eigenvalue weighted by Gasteiger charge is -2.25. The number of ether oxygens (including phenoxy) is 1. The van der Waals surface area contributed by atoms with E-state index in [9.17, 15) is 14.7 Å². The monoisotopic (exact) mass is 224 g/mol. The van der Waals surface area contributed by atoms with E-state index < -0.39 is 11.9 Å². The Labute approximate surface area is 94.0 Å². The Morgan fingerprint density at radius 2 is 1.75 bits per heavy atom. The number of hydrogen-bond acceptors (Lipinski definition) is 3. The summed E-state index contributed by atoms with van der Waals surface area (Å²) in [5, 5.41) is 9.30. The van der Waals surface area contributed by atoms with Gasteiger partial charge in [0.25, 0.3) is 0 Å². The fourth-order valence-electron chi connectivity index (χ4n) is 4.44. The molecular formula is C12H16O4. The summed E-state index contributed by atoms with van der Waals surface area (Å²) < 4.78 is 4.79. The van der Waals surface area contributed by atoms with Gasteiger partial charge in [0.2, 0.25) is 0 Å². The number of hydrogen-bond donors (Lipinski definition) is 1. The molecule has 3 rings (SSSR count). The molecule has 0 aliphatic heterocycles. The summed E-state index contributed by atoms with van der Waals surface area (Å²) in [7, 11) is 1.35. The van der Waals surface area contributed by atoms with Gasteiger partial charge in [-0.05, 0) is 42.9 Å². The molecule has 88 valence electrons. The predicted molar refractivity (Wildman–Crippen MR) is 54.5 cm³/mol. The molecule has 3 fully saturated rings. The number of carboxylic acids is 1. The highest BCUT2D eigenvalue weighted by Gasteiger charge is 2.72. The minimum absolute atomic E-state index is 0.196. The third kappa shape index (κ3) is 1.00. The van der Waals surface area contributed by atoms with Gasteiger partial charge in [0, 0.05) is 0 Å². The summed E-state index contributed by atoms with van der Waals surface area (Å²) >= 11 is 0. The second-order valence-electron chi connectivity index (χ2n) is 5.44. The Morgan fingerprint density at radius 3 is 2.19 bits per heavy atom. The summed E-state index contributed by atoms with van der Waals surface area (Å²) in [6.07, 6.45) is 4.21. The van der Waals surface area contributed by atoms with Crippen LogP contribution in [0.1, 0.15) is 25.7 Å². The fraction of sp³-hybridized carbons (Fsp3) is 0.833. The average molecular weight is 224 g/mol. The van der Waals surface area contributed by atoms with E-state index >= 15 is 0 Å². The van der Waals surface area contributed by atoms with Crippen LogP contribution >= 0.6 is 0 Å². The van der Waals surface area contributed by atoms with Gasteiger partial charge in [-0.25, -0.2) is 0 Å². The van der Waals surface area contributed by atoms with Crippen molar-refractivity contribution in [1.29, 1.82) is 0 Å². The summed E-state index contributed by atoms with van der Waals surface area (Å²) in [6, 6.07) is 0. The fourth-order valence-corrected chi connectivity index (χ4v) is 4.44. The van der Waals surface area contributed by atoms with Gasteiger partial charge < -0.3 is 9.84 Å². The van der Waals surface area contributed by atoms with Crippen molar-refractivity contribution in [3.05, 3.63) is 0 Å². The van der Waals surface area contributed by atoms with Crippen LogP contribution in [0.2, 0.25) is 0 Å². The number of aliphatic carboxylic acids is 1. The van der Waals surface area contributed by atoms with E-state index in [0.717, 1.165) is 25.7 Å². The third-order valence-corrected chi connectivity index (χ3v) is 5.11. The Kier molecular flexibility index (Phi) is 1.89. The van der Waals surface area contributed by atoms with E-state index in [-0.39, 0.29) is 29.1 Å². The molecule has 2 bridgehead atoms. The van der Waals surface area contributed by atoms with Crippen molar-refractivity contribution < 1.29 is 19.4 Å². The number of rotatable bonds is 2. The number of carbonyl (C=O) groups excluding carboxylic acids is 1. The van der Waals surface area contributed by atoms with E-state index in [1.165, 1.54) is 7.11 Å². The van der Waals surface area contributed by atoms with Crippen LogP contribution in [0.25, 0.3) is 0 Å². The van der Waals surface area contributed by atoms with Crippen molar-refractivity contribution in [3.63, 3.8) is 0 Å². The summed E-state index contributed by atoms with van der Waals surface area (Å²) in [5.41, 5.74) is 0.196. The van der Waals surface area contributed by atoms with Gasteiger partial charge in [-0.1, -0.05) is 0 Å². The molecule has 4 unspecified atom stereocenters. The van der Waals surface area contributed by atoms with Gasteiger partial charge in [-0.2, -0.15) is 0 Å². The predicted octanol–water partition coefficient (Wildman–Crippen LogP) is 1.30. The molecule has 3 aliphatic rings. The highest BCUT2D eigenvalue weighted by molar-refractivity contribution is 5.83. The molecule has 1 N–H and O–H groups in total. The van der Waals surface area contributed by atoms with Crippen LogP contribution in [-0.4, -0.2) is 24.2 Å². The first kappa shape index (κ1) is 10.1. The third-order valence-electron chi connectivity index (χ3n) is 5.11. The summed E-state index contributed by atoms with van der Waals surface area (Å²) in [5.74, 6) is -1.51. The Hall–Kier alpha value is -1.06. The van der Waals surface area contributed by atoms with Crippen LogP contribution in [0.5, 0.6) is 0 Å². The summed E-state index contributed by atoms with van der Waals surface area (Å²) in [4.78, 5) is 23.1. The summed E-state index contributed by atoms with van der Waals surface area (Å²) in [6.45, 7) is 0. The lowest BCUT2D eigenvalue weighted by molar-refractivity contribution is -0.158. The van der Waals surface area contributed by atoms with Gasteiger partial charge in [0.05, 0.1) is 18.9 Å². The Balaban J connectivity index is 1.97. The molecule has 16 heavy (non-hydrogen) atoms. The van der Waals surface area contributed by atoms with Crippen molar-refractivity contribution in [2.45, 2.75) is 25.7 Å². The second-order valence-corrected chi connectivity index (χ2v) is 5.44. The van der Waals surface area contributed by atoms with E-state index in [4.69, 9.17) is 4.74 Å². The Morgan fingerprint density at radius 1 is 1.19 bits per heavy atom. The van der Waals surface area contributed by atoms with E-state index in [0.29, 0.717) is 0 Å². The zero-order valence-electron chi connectivity index (χ0n) is 9.31. The molecule has 1 spiro atoms. The molecule has 4 nitrogen and oxygen atoms in total. The standard InChI is InChI=1S/C12H16O4/c1-16-11(15)9-7-3-2-6(8(9)10(13)14)12(7)4-5-12/h6-9H,2-5H2,1H3,(H,13,14). The molecule has 0 heterocycles. The zero-order valence-corrected chi connectivity index (χ0v) is 9.31. The molecule has 3 saturated carbocycles. The number of carbonyl (C=O) groups is 2. The largest absolute Gasteiger partial charge is 0.481 e. The number of methoxy groups -OCH3 is 1. The normalized spacial score (nSPS) is 42.3. The van der Waals surface area contributed by atoms with Crippen LogP contribution in [0, 0.1) is 29.1 Å². The van der Waals surface area contributed by atoms with Gasteiger partial charge >= 0.3 is 11.9 Å². The maximum absolute atomic E-state index is 11.7. The van der Waals surface area contributed by atoms with Gasteiger partial charge in [0.1, 0.15) is 0 Å². The molecule has 0 aromatic rings. The van der Waals surface area contributed by atoms with Gasteiger partial charge in [0.15, 0.2) is 0 Å². The first-order valence-electron chi connectivity index (χ1n) is 5.92. The van der Waals surface area contributed by atoms with Gasteiger partial charge in [-0.3, -0.25) is 9.59 Å². The van der Waals surface area contributed by atoms with Gasteiger partial charge in [-0.15, -0.1) is 0 Å². The first-order valence-corrected chi connectivity index (χ1v) is 5.92. The maximum atomic E-state index is 11.7. The van der Waals surface area contributed by atoms with Crippen LogP contribution in [0.4, 0.5) is 0 Å².